The highest BCUT2D eigenvalue weighted by Crippen LogP contribution is 2.53. The van der Waals surface area contributed by atoms with Gasteiger partial charge in [-0.1, -0.05) is 43.7 Å². The van der Waals surface area contributed by atoms with Crippen LogP contribution in [0.5, 0.6) is 0 Å². The predicted molar refractivity (Wildman–Crippen MR) is 293 cm³/mol. The van der Waals surface area contributed by atoms with Gasteiger partial charge >= 0.3 is 0 Å². The number of anilines is 4. The van der Waals surface area contributed by atoms with E-state index < -0.39 is 10.8 Å². The van der Waals surface area contributed by atoms with Crippen LogP contribution < -0.4 is 20.4 Å². The number of likely N-dealkylation sites (tertiary alicyclic amines) is 3. The van der Waals surface area contributed by atoms with Gasteiger partial charge in [-0.15, -0.1) is 0 Å². The third-order valence-electron chi connectivity index (χ3n) is 18.8. The van der Waals surface area contributed by atoms with Gasteiger partial charge in [-0.2, -0.15) is 0 Å². The minimum atomic E-state index is -0.758. The molecule has 9 heterocycles. The highest BCUT2D eigenvalue weighted by Gasteiger charge is 2.56. The summed E-state index contributed by atoms with van der Waals surface area (Å²) < 4.78 is 17.2. The lowest BCUT2D eigenvalue weighted by molar-refractivity contribution is -0.150. The molecule has 17 heteroatoms. The largest absolute Gasteiger partial charge is 0.357 e. The van der Waals surface area contributed by atoms with Crippen LogP contribution in [0.4, 0.5) is 27.4 Å². The van der Waals surface area contributed by atoms with Gasteiger partial charge in [0, 0.05) is 92.1 Å². The Labute approximate surface area is 450 Å². The Balaban J connectivity index is 0.722. The average molecular weight is 1050 g/mol. The zero-order chi connectivity index (χ0) is 53.3. The van der Waals surface area contributed by atoms with Crippen LogP contribution in [0.1, 0.15) is 133 Å². The van der Waals surface area contributed by atoms with E-state index in [0.29, 0.717) is 114 Å². The Hall–Kier alpha value is -6.75. The summed E-state index contributed by atoms with van der Waals surface area (Å²) in [6.07, 6.45) is 11.9. The number of aryl methyl sites for hydroxylation is 1. The molecule has 3 aromatic heterocycles. The number of para-hydroxylation sites is 1. The summed E-state index contributed by atoms with van der Waals surface area (Å²) >= 11 is 0. The summed E-state index contributed by atoms with van der Waals surface area (Å²) in [5.41, 5.74) is 5.57. The minimum absolute atomic E-state index is 0.0736. The molecule has 1 atom stereocenters. The van der Waals surface area contributed by atoms with Crippen LogP contribution in [0.3, 0.4) is 0 Å². The second-order valence-electron chi connectivity index (χ2n) is 23.7. The number of aromatic nitrogens is 4. The van der Waals surface area contributed by atoms with Crippen molar-refractivity contribution in [1.82, 2.24) is 39.5 Å². The first-order chi connectivity index (χ1) is 37.2. The average Bonchev–Trinajstić information content (AvgIpc) is 4.21. The molecule has 0 bridgehead atoms. The van der Waals surface area contributed by atoms with E-state index in [1.807, 2.05) is 39.5 Å². The van der Waals surface area contributed by atoms with Crippen LogP contribution in [0.25, 0.3) is 22.3 Å². The zero-order valence-electron chi connectivity index (χ0n) is 45.0. The molecule has 16 nitrogen and oxygen atoms in total. The minimum Gasteiger partial charge on any atom is -0.357 e. The highest BCUT2D eigenvalue weighted by atomic mass is 19.1. The molecular weight excluding hydrogens is 974 g/mol. The van der Waals surface area contributed by atoms with E-state index in [0.717, 1.165) is 70.9 Å². The fourth-order valence-electron chi connectivity index (χ4n) is 13.9. The summed E-state index contributed by atoms with van der Waals surface area (Å²) in [5, 5.41) is 5.74. The number of carbonyl (C=O) groups is 5. The molecule has 1 aliphatic carbocycles. The van der Waals surface area contributed by atoms with Gasteiger partial charge in [0.2, 0.25) is 29.5 Å². The van der Waals surface area contributed by atoms with Gasteiger partial charge < -0.3 is 34.4 Å². The lowest BCUT2D eigenvalue weighted by Crippen LogP contribution is -2.59. The number of benzene rings is 2. The summed E-state index contributed by atoms with van der Waals surface area (Å²) in [5.74, 6) is 0.387. The van der Waals surface area contributed by atoms with E-state index in [4.69, 9.17) is 15.0 Å². The second-order valence-corrected chi connectivity index (χ2v) is 23.7. The third-order valence-corrected chi connectivity index (χ3v) is 18.8. The maximum atomic E-state index is 15.4. The van der Waals surface area contributed by atoms with Gasteiger partial charge in [0.25, 0.3) is 0 Å². The standard InChI is InChI=1S/C60H72FN11O5/c1-37(2)71-36-62-49-35-48(65-54(53(49)71)64-47-11-7-6-10-46(47)61)40-12-15-45-50(32-40)72(42-33-41(34-42)67-24-8-5-9-25-67)58(77)60(45)22-30-70(31-23-60)57(76)59(4)20-28-69(29-21-59)56(75)39-18-26-68(27-19-39)51-16-13-43(38(3)63-51)44-14-17-52(73)66-55(44)74/h6-7,10-13,15-16,32,35-37,39,41-42,44H,5,8-9,14,17-31,33-34H2,1-4H3,(H,64,65)(H,66,73,74)/t41?,42?,44-/m1/s1. The third kappa shape index (κ3) is 9.23. The molecular formula is C60H72FN11O5. The van der Waals surface area contributed by atoms with Gasteiger partial charge in [0.1, 0.15) is 17.2 Å². The van der Waals surface area contributed by atoms with Crippen LogP contribution >= 0.6 is 0 Å². The molecule has 5 saturated heterocycles. The molecule has 2 N–H and O–H groups in total. The Kier molecular flexibility index (Phi) is 13.4. The second kappa shape index (κ2) is 20.2. The number of hydrogen-bond acceptors (Lipinski definition) is 11. The number of carbonyl (C=O) groups excluding carboxylic acids is 5. The van der Waals surface area contributed by atoms with Crippen molar-refractivity contribution in [2.24, 2.45) is 11.3 Å². The lowest BCUT2D eigenvalue weighted by Gasteiger charge is -2.48. The lowest BCUT2D eigenvalue weighted by atomic mass is 9.72. The van der Waals surface area contributed by atoms with Crippen molar-refractivity contribution < 1.29 is 28.4 Å². The molecule has 5 amide bonds. The van der Waals surface area contributed by atoms with Crippen LogP contribution in [0.2, 0.25) is 0 Å². The van der Waals surface area contributed by atoms with E-state index in [2.05, 4.69) is 64.3 Å². The van der Waals surface area contributed by atoms with E-state index >= 15 is 9.18 Å². The fourth-order valence-corrected chi connectivity index (χ4v) is 13.9. The van der Waals surface area contributed by atoms with Crippen molar-refractivity contribution in [3.8, 4) is 11.3 Å². The zero-order valence-corrected chi connectivity index (χ0v) is 45.0. The van der Waals surface area contributed by atoms with Crippen molar-refractivity contribution >= 4 is 63.6 Å². The number of imide groups is 1. The topological polar surface area (TPSA) is 169 Å². The van der Waals surface area contributed by atoms with Crippen LogP contribution in [0, 0.1) is 24.1 Å². The van der Waals surface area contributed by atoms with Crippen LogP contribution in [0.15, 0.2) is 67.0 Å². The number of nitrogens with one attached hydrogen (secondary N) is 2. The van der Waals surface area contributed by atoms with Gasteiger partial charge in [0.05, 0.1) is 34.6 Å². The first-order valence-electron chi connectivity index (χ1n) is 28.4. The number of amides is 5. The van der Waals surface area contributed by atoms with Gasteiger partial charge in [0.15, 0.2) is 5.82 Å². The van der Waals surface area contributed by atoms with Crippen LogP contribution in [-0.2, 0) is 29.4 Å². The smallest absolute Gasteiger partial charge is 0.238 e. The fraction of sp³-hybridized carbons (Fsp3) is 0.533. The summed E-state index contributed by atoms with van der Waals surface area (Å²) in [7, 11) is 0. The van der Waals surface area contributed by atoms with Gasteiger partial charge in [-0.3, -0.25) is 29.3 Å². The molecule has 1 saturated carbocycles. The van der Waals surface area contributed by atoms with E-state index in [1.165, 1.54) is 25.3 Å². The molecule has 7 aliphatic rings. The number of hydrogen-bond donors (Lipinski definition) is 2. The molecule has 1 spiro atoms. The molecule has 404 valence electrons. The molecule has 12 rings (SSSR count). The predicted octanol–water partition coefficient (Wildman–Crippen LogP) is 8.55. The number of fused-ring (bicyclic) bond motifs is 3. The van der Waals surface area contributed by atoms with Gasteiger partial charge in [-0.25, -0.2) is 19.3 Å². The van der Waals surface area contributed by atoms with E-state index in [-0.39, 0.29) is 59.3 Å². The Morgan fingerprint density at radius 2 is 1.53 bits per heavy atom. The van der Waals surface area contributed by atoms with Crippen molar-refractivity contribution in [1.29, 1.82) is 0 Å². The summed E-state index contributed by atoms with van der Waals surface area (Å²) in [4.78, 5) is 94.0. The molecule has 5 aromatic rings. The molecule has 2 aromatic carbocycles. The maximum absolute atomic E-state index is 15.4. The highest BCUT2D eigenvalue weighted by molar-refractivity contribution is 6.10. The Morgan fingerprint density at radius 3 is 2.23 bits per heavy atom. The maximum Gasteiger partial charge on any atom is 0.238 e. The monoisotopic (exact) mass is 1050 g/mol. The normalized spacial score (nSPS) is 23.9. The van der Waals surface area contributed by atoms with Gasteiger partial charge in [-0.05, 0) is 146 Å². The molecule has 6 aliphatic heterocycles. The molecule has 6 fully saturated rings. The molecule has 0 radical (unpaired) electrons. The van der Waals surface area contributed by atoms with E-state index in [9.17, 15) is 19.2 Å². The quantitative estimate of drug-likeness (QED) is 0.129. The van der Waals surface area contributed by atoms with Crippen molar-refractivity contribution in [3.63, 3.8) is 0 Å². The van der Waals surface area contributed by atoms with Crippen molar-refractivity contribution in [3.05, 3.63) is 89.6 Å². The first-order valence-corrected chi connectivity index (χ1v) is 28.4. The molecule has 77 heavy (non-hydrogen) atoms. The molecule has 0 unspecified atom stereocenters. The SMILES string of the molecule is Cc1nc(N2CCC(C(=O)N3CCC(C)(C(=O)N4CCC5(CC4)C(=O)N(C4CC(N6CCCCC6)C4)c4cc(-c6cc7ncn(C(C)C)c7c(Nc7ccccc7F)n6)ccc45)CC3)CC2)ccc1[C@H]1CCC(=O)NC1=O. The number of halogens is 1. The Morgan fingerprint density at radius 1 is 0.805 bits per heavy atom. The summed E-state index contributed by atoms with van der Waals surface area (Å²) in [6, 6.07) is 19.4. The number of imidazole rings is 1. The number of rotatable bonds is 10. The Bertz CT molecular complexity index is 3140. The number of pyridine rings is 2. The van der Waals surface area contributed by atoms with Crippen LogP contribution in [-0.4, -0.2) is 128 Å². The number of nitrogens with zero attached hydrogens (tertiary/aromatic N) is 9. The number of piperidine rings is 5. The van der Waals surface area contributed by atoms with Crippen molar-refractivity contribution in [2.45, 2.75) is 141 Å². The van der Waals surface area contributed by atoms with Crippen molar-refractivity contribution in [2.75, 3.05) is 67.5 Å². The van der Waals surface area contributed by atoms with E-state index in [1.54, 1.807) is 24.5 Å². The summed E-state index contributed by atoms with van der Waals surface area (Å²) in [6.45, 7) is 13.8. The first kappa shape index (κ1) is 51.0.